The van der Waals surface area contributed by atoms with E-state index in [1.807, 2.05) is 0 Å². The highest BCUT2D eigenvalue weighted by Gasteiger charge is 2.32. The average Bonchev–Trinajstić information content (AvgIpc) is 2.54. The van der Waals surface area contributed by atoms with Crippen LogP contribution >= 0.6 is 0 Å². The van der Waals surface area contributed by atoms with Gasteiger partial charge < -0.3 is 0 Å². The van der Waals surface area contributed by atoms with Gasteiger partial charge in [-0.2, -0.15) is 26.3 Å². The molecule has 0 saturated carbocycles. The Morgan fingerprint density at radius 1 is 0.667 bits per heavy atom. The van der Waals surface area contributed by atoms with Crippen LogP contribution in [-0.2, 0) is 12.4 Å². The number of hydrogen-bond donors (Lipinski definition) is 0. The van der Waals surface area contributed by atoms with Crippen LogP contribution in [0.5, 0.6) is 0 Å². The van der Waals surface area contributed by atoms with Crippen LogP contribution in [0, 0.1) is 0 Å². The Morgan fingerprint density at radius 3 is 1.58 bits per heavy atom. The standard InChI is InChI=1S/2C8H5F3O/c9-8(10,11)7-3-1-6(5-12)2-4-7;9-8(10,11)7-4-2-1-3-6(7)5-12/h2*1-5H. The zero-order valence-corrected chi connectivity index (χ0v) is 11.9. The molecular formula is C16H10F6O2. The molecule has 0 saturated heterocycles. The molecule has 2 nitrogen and oxygen atoms in total. The fourth-order valence-electron chi connectivity index (χ4n) is 1.61. The quantitative estimate of drug-likeness (QED) is 0.563. The van der Waals surface area contributed by atoms with Crippen molar-refractivity contribution in [2.45, 2.75) is 12.4 Å². The SMILES string of the molecule is O=Cc1ccc(C(F)(F)F)cc1.O=Cc1ccccc1C(F)(F)F. The Hall–Kier alpha value is -2.64. The van der Waals surface area contributed by atoms with Crippen LogP contribution in [0.3, 0.4) is 0 Å². The second kappa shape index (κ2) is 7.76. The minimum Gasteiger partial charge on any atom is -0.298 e. The van der Waals surface area contributed by atoms with Crippen molar-refractivity contribution < 1.29 is 35.9 Å². The summed E-state index contributed by atoms with van der Waals surface area (Å²) in [5, 5.41) is 0. The Labute approximate surface area is 132 Å². The van der Waals surface area contributed by atoms with E-state index in [2.05, 4.69) is 0 Å². The molecule has 2 aromatic rings. The maximum Gasteiger partial charge on any atom is 0.417 e. The van der Waals surface area contributed by atoms with Gasteiger partial charge in [0.2, 0.25) is 0 Å². The molecular weight excluding hydrogens is 338 g/mol. The van der Waals surface area contributed by atoms with Crippen molar-refractivity contribution in [1.82, 2.24) is 0 Å². The largest absolute Gasteiger partial charge is 0.417 e. The van der Waals surface area contributed by atoms with E-state index in [9.17, 15) is 35.9 Å². The highest BCUT2D eigenvalue weighted by Crippen LogP contribution is 2.31. The third kappa shape index (κ3) is 5.53. The molecule has 0 heterocycles. The zero-order chi connectivity index (χ0) is 18.4. The van der Waals surface area contributed by atoms with Crippen molar-refractivity contribution in [2.75, 3.05) is 0 Å². The first-order valence-electron chi connectivity index (χ1n) is 6.33. The Kier molecular flexibility index (Phi) is 6.27. The molecule has 0 N–H and O–H groups in total. The number of carbonyl (C=O) groups is 2. The van der Waals surface area contributed by atoms with E-state index in [0.29, 0.717) is 6.29 Å². The van der Waals surface area contributed by atoms with Crippen molar-refractivity contribution in [3.8, 4) is 0 Å². The Balaban J connectivity index is 0.000000240. The van der Waals surface area contributed by atoms with Crippen molar-refractivity contribution >= 4 is 12.6 Å². The highest BCUT2D eigenvalue weighted by atomic mass is 19.4. The van der Waals surface area contributed by atoms with Crippen LogP contribution in [0.4, 0.5) is 26.3 Å². The van der Waals surface area contributed by atoms with E-state index in [1.165, 1.54) is 12.1 Å². The van der Waals surface area contributed by atoms with Gasteiger partial charge in [0.1, 0.15) is 6.29 Å². The summed E-state index contributed by atoms with van der Waals surface area (Å²) in [6.07, 6.45) is -8.08. The molecule has 2 aromatic carbocycles. The minimum atomic E-state index is -4.45. The van der Waals surface area contributed by atoms with E-state index < -0.39 is 23.5 Å². The second-order valence-corrected chi connectivity index (χ2v) is 4.44. The molecule has 128 valence electrons. The van der Waals surface area contributed by atoms with Gasteiger partial charge in [-0.25, -0.2) is 0 Å². The van der Waals surface area contributed by atoms with E-state index in [4.69, 9.17) is 0 Å². The molecule has 2 rings (SSSR count). The third-order valence-corrected chi connectivity index (χ3v) is 2.77. The molecule has 0 radical (unpaired) electrons. The molecule has 0 aliphatic carbocycles. The lowest BCUT2D eigenvalue weighted by Crippen LogP contribution is -2.08. The maximum absolute atomic E-state index is 12.1. The number of aldehydes is 2. The summed E-state index contributed by atoms with van der Waals surface area (Å²) in [6.45, 7) is 0. The monoisotopic (exact) mass is 348 g/mol. The van der Waals surface area contributed by atoms with Crippen LogP contribution in [0.1, 0.15) is 31.8 Å². The minimum absolute atomic E-state index is 0.197. The molecule has 0 aliphatic heterocycles. The molecule has 0 bridgehead atoms. The Morgan fingerprint density at radius 2 is 1.21 bits per heavy atom. The number of benzene rings is 2. The van der Waals surface area contributed by atoms with Crippen LogP contribution in [0.2, 0.25) is 0 Å². The average molecular weight is 348 g/mol. The lowest BCUT2D eigenvalue weighted by atomic mass is 10.1. The van der Waals surface area contributed by atoms with E-state index >= 15 is 0 Å². The topological polar surface area (TPSA) is 34.1 Å². The van der Waals surface area contributed by atoms with Gasteiger partial charge in [-0.1, -0.05) is 30.3 Å². The van der Waals surface area contributed by atoms with Gasteiger partial charge in [-0.15, -0.1) is 0 Å². The second-order valence-electron chi connectivity index (χ2n) is 4.44. The van der Waals surface area contributed by atoms with E-state index in [1.54, 1.807) is 0 Å². The molecule has 0 aliphatic rings. The van der Waals surface area contributed by atoms with Gasteiger partial charge in [0, 0.05) is 11.1 Å². The lowest BCUT2D eigenvalue weighted by Gasteiger charge is -2.07. The predicted molar refractivity (Wildman–Crippen MR) is 73.7 cm³/mol. The molecule has 0 unspecified atom stereocenters. The van der Waals surface area contributed by atoms with Crippen molar-refractivity contribution in [3.63, 3.8) is 0 Å². The fraction of sp³-hybridized carbons (Fsp3) is 0.125. The predicted octanol–water partition coefficient (Wildman–Crippen LogP) is 5.04. The number of alkyl halides is 6. The van der Waals surface area contributed by atoms with Gasteiger partial charge in [0.05, 0.1) is 11.1 Å². The normalized spacial score (nSPS) is 11.2. The van der Waals surface area contributed by atoms with Gasteiger partial charge in [-0.05, 0) is 18.2 Å². The number of hydrogen-bond acceptors (Lipinski definition) is 2. The number of rotatable bonds is 2. The van der Waals surface area contributed by atoms with Crippen molar-refractivity contribution in [1.29, 1.82) is 0 Å². The van der Waals surface area contributed by atoms with Gasteiger partial charge in [0.15, 0.2) is 6.29 Å². The van der Waals surface area contributed by atoms with Crippen LogP contribution in [-0.4, -0.2) is 12.6 Å². The summed E-state index contributed by atoms with van der Waals surface area (Å²) in [5.41, 5.74) is -1.72. The Bertz CT molecular complexity index is 687. The first-order chi connectivity index (χ1) is 11.1. The summed E-state index contributed by atoms with van der Waals surface area (Å²) < 4.78 is 72.0. The van der Waals surface area contributed by atoms with Crippen molar-refractivity contribution in [3.05, 3.63) is 70.8 Å². The summed E-state index contributed by atoms with van der Waals surface area (Å²) >= 11 is 0. The van der Waals surface area contributed by atoms with E-state index in [0.717, 1.165) is 36.4 Å². The molecule has 0 fully saturated rings. The first-order valence-corrected chi connectivity index (χ1v) is 6.33. The van der Waals surface area contributed by atoms with Gasteiger partial charge in [-0.3, -0.25) is 9.59 Å². The number of halogens is 6. The van der Waals surface area contributed by atoms with Gasteiger partial charge in [0.25, 0.3) is 0 Å². The lowest BCUT2D eigenvalue weighted by molar-refractivity contribution is -0.138. The first kappa shape index (κ1) is 19.4. The summed E-state index contributed by atoms with van der Waals surface area (Å²) in [5.74, 6) is 0. The molecule has 8 heteroatoms. The number of carbonyl (C=O) groups excluding carboxylic acids is 2. The molecule has 24 heavy (non-hydrogen) atoms. The smallest absolute Gasteiger partial charge is 0.298 e. The van der Waals surface area contributed by atoms with E-state index in [-0.39, 0.29) is 17.4 Å². The third-order valence-electron chi connectivity index (χ3n) is 2.77. The van der Waals surface area contributed by atoms with Crippen LogP contribution < -0.4 is 0 Å². The summed E-state index contributed by atoms with van der Waals surface area (Å²) in [6, 6.07) is 8.67. The molecule has 0 amide bonds. The summed E-state index contributed by atoms with van der Waals surface area (Å²) in [7, 11) is 0. The molecule has 0 atom stereocenters. The molecule has 0 spiro atoms. The molecule has 0 aromatic heterocycles. The fourth-order valence-corrected chi connectivity index (χ4v) is 1.61. The highest BCUT2D eigenvalue weighted by molar-refractivity contribution is 5.77. The van der Waals surface area contributed by atoms with Crippen LogP contribution in [0.25, 0.3) is 0 Å². The zero-order valence-electron chi connectivity index (χ0n) is 11.9. The van der Waals surface area contributed by atoms with Crippen molar-refractivity contribution in [2.24, 2.45) is 0 Å². The van der Waals surface area contributed by atoms with Crippen LogP contribution in [0.15, 0.2) is 48.5 Å². The van der Waals surface area contributed by atoms with Gasteiger partial charge >= 0.3 is 12.4 Å². The maximum atomic E-state index is 12.1. The summed E-state index contributed by atoms with van der Waals surface area (Å²) in [4.78, 5) is 20.3.